The Balaban J connectivity index is 1.70. The number of rotatable bonds is 5. The minimum absolute atomic E-state index is 0.100. The molecule has 1 fully saturated rings. The number of nitrogens with zero attached hydrogens (tertiary/aromatic N) is 5. The van der Waals surface area contributed by atoms with Gasteiger partial charge in [0, 0.05) is 44.6 Å². The largest absolute Gasteiger partial charge is 0.327 e. The number of hydrogen-bond acceptors (Lipinski definition) is 4. The third-order valence-corrected chi connectivity index (χ3v) is 5.10. The van der Waals surface area contributed by atoms with Gasteiger partial charge in [0.25, 0.3) is 0 Å². The minimum atomic E-state index is -0.100. The normalized spacial score (nSPS) is 20.7. The molecule has 0 bridgehead atoms. The van der Waals surface area contributed by atoms with E-state index < -0.39 is 0 Å². The number of nitrogens with one attached hydrogen (secondary N) is 1. The van der Waals surface area contributed by atoms with E-state index in [0.717, 1.165) is 25.9 Å². The highest BCUT2D eigenvalue weighted by Crippen LogP contribution is 2.36. The summed E-state index contributed by atoms with van der Waals surface area (Å²) in [6.45, 7) is 5.01. The van der Waals surface area contributed by atoms with E-state index in [-0.39, 0.29) is 6.03 Å². The zero-order chi connectivity index (χ0) is 18.5. The molecule has 140 valence electrons. The third kappa shape index (κ3) is 4.22. The first-order chi connectivity index (χ1) is 12.6. The molecule has 1 aliphatic rings. The van der Waals surface area contributed by atoms with Gasteiger partial charge in [-0.2, -0.15) is 5.10 Å². The van der Waals surface area contributed by atoms with Gasteiger partial charge in [-0.25, -0.2) is 4.79 Å². The molecule has 2 aromatic rings. The molecule has 0 radical (unpaired) electrons. The van der Waals surface area contributed by atoms with Gasteiger partial charge in [-0.15, -0.1) is 0 Å². The second-order valence-electron chi connectivity index (χ2n) is 6.98. The van der Waals surface area contributed by atoms with Gasteiger partial charge >= 0.3 is 6.03 Å². The van der Waals surface area contributed by atoms with Gasteiger partial charge in [0.1, 0.15) is 0 Å². The standard InChI is InChI=1S/C19H28N6O/c1-4-25-10-6-7-15(18(25)16-11-21-24(3)14-16)13-23(2)19(26)22-17-8-5-9-20-12-17/h5,8-9,11-12,14-15,18H,4,6-7,10,13H2,1-3H3,(H,22,26)/t15-,18+/m0/s1. The fourth-order valence-corrected chi connectivity index (χ4v) is 3.86. The number of aryl methyl sites for hydroxylation is 1. The fraction of sp³-hybridized carbons (Fsp3) is 0.526. The molecule has 0 spiro atoms. The number of amides is 2. The maximum absolute atomic E-state index is 12.5. The Labute approximate surface area is 155 Å². The number of pyridine rings is 1. The van der Waals surface area contributed by atoms with Gasteiger partial charge in [-0.1, -0.05) is 6.92 Å². The van der Waals surface area contributed by atoms with Crippen LogP contribution < -0.4 is 5.32 Å². The Morgan fingerprint density at radius 2 is 2.27 bits per heavy atom. The van der Waals surface area contributed by atoms with Crippen LogP contribution in [0, 0.1) is 5.92 Å². The van der Waals surface area contributed by atoms with Crippen LogP contribution in [0.15, 0.2) is 36.9 Å². The summed E-state index contributed by atoms with van der Waals surface area (Å²) >= 11 is 0. The molecule has 0 saturated carbocycles. The summed E-state index contributed by atoms with van der Waals surface area (Å²) in [6.07, 6.45) is 9.68. The van der Waals surface area contributed by atoms with Crippen molar-refractivity contribution >= 4 is 11.7 Å². The second kappa shape index (κ2) is 8.31. The molecule has 1 N–H and O–H groups in total. The molecule has 26 heavy (non-hydrogen) atoms. The topological polar surface area (TPSA) is 66.3 Å². The van der Waals surface area contributed by atoms with Crippen molar-refractivity contribution in [3.05, 3.63) is 42.5 Å². The smallest absolute Gasteiger partial charge is 0.321 e. The van der Waals surface area contributed by atoms with Crippen molar-refractivity contribution in [3.8, 4) is 0 Å². The SMILES string of the molecule is CCN1CCC[C@@H](CN(C)C(=O)Nc2cccnc2)[C@@H]1c1cnn(C)c1. The van der Waals surface area contributed by atoms with Gasteiger partial charge in [-0.05, 0) is 44.0 Å². The number of piperidine rings is 1. The molecule has 0 aromatic carbocycles. The molecular weight excluding hydrogens is 328 g/mol. The van der Waals surface area contributed by atoms with Gasteiger partial charge in [0.05, 0.1) is 18.1 Å². The van der Waals surface area contributed by atoms with E-state index in [2.05, 4.69) is 33.4 Å². The predicted octanol–water partition coefficient (Wildman–Crippen LogP) is 2.75. The van der Waals surface area contributed by atoms with Crippen molar-refractivity contribution in [2.45, 2.75) is 25.8 Å². The summed E-state index contributed by atoms with van der Waals surface area (Å²) in [7, 11) is 3.81. The van der Waals surface area contributed by atoms with Crippen molar-refractivity contribution in [1.29, 1.82) is 0 Å². The lowest BCUT2D eigenvalue weighted by atomic mass is 9.85. The van der Waals surface area contributed by atoms with Crippen molar-refractivity contribution in [2.24, 2.45) is 13.0 Å². The maximum Gasteiger partial charge on any atom is 0.321 e. The molecule has 3 heterocycles. The number of hydrogen-bond donors (Lipinski definition) is 1. The van der Waals surface area contributed by atoms with Crippen LogP contribution in [-0.4, -0.2) is 57.3 Å². The third-order valence-electron chi connectivity index (χ3n) is 5.10. The molecule has 0 aliphatic carbocycles. The molecule has 2 amide bonds. The summed E-state index contributed by atoms with van der Waals surface area (Å²) in [4.78, 5) is 20.9. The molecule has 7 nitrogen and oxygen atoms in total. The van der Waals surface area contributed by atoms with Crippen LogP contribution in [0.25, 0.3) is 0 Å². The first-order valence-electron chi connectivity index (χ1n) is 9.23. The zero-order valence-corrected chi connectivity index (χ0v) is 15.8. The lowest BCUT2D eigenvalue weighted by molar-refractivity contribution is 0.0828. The van der Waals surface area contributed by atoms with Crippen LogP contribution in [-0.2, 0) is 7.05 Å². The van der Waals surface area contributed by atoms with E-state index in [1.54, 1.807) is 17.3 Å². The quantitative estimate of drug-likeness (QED) is 0.895. The monoisotopic (exact) mass is 356 g/mol. The molecule has 1 saturated heterocycles. The molecule has 7 heteroatoms. The summed E-state index contributed by atoms with van der Waals surface area (Å²) in [5.74, 6) is 0.387. The van der Waals surface area contributed by atoms with E-state index in [1.165, 1.54) is 5.56 Å². The second-order valence-corrected chi connectivity index (χ2v) is 6.98. The zero-order valence-electron chi connectivity index (χ0n) is 15.8. The summed E-state index contributed by atoms with van der Waals surface area (Å²) in [5, 5.41) is 7.26. The lowest BCUT2D eigenvalue weighted by Crippen LogP contribution is -2.44. The Bertz CT molecular complexity index is 716. The maximum atomic E-state index is 12.5. The molecule has 2 aromatic heterocycles. The van der Waals surface area contributed by atoms with E-state index in [4.69, 9.17) is 0 Å². The van der Waals surface area contributed by atoms with Crippen molar-refractivity contribution in [2.75, 3.05) is 32.0 Å². The van der Waals surface area contributed by atoms with Gasteiger partial charge in [-0.3, -0.25) is 14.6 Å². The van der Waals surface area contributed by atoms with E-state index in [0.29, 0.717) is 24.2 Å². The minimum Gasteiger partial charge on any atom is -0.327 e. The fourth-order valence-electron chi connectivity index (χ4n) is 3.86. The van der Waals surface area contributed by atoms with Gasteiger partial charge in [0.2, 0.25) is 0 Å². The van der Waals surface area contributed by atoms with Gasteiger partial charge < -0.3 is 10.2 Å². The van der Waals surface area contributed by atoms with Crippen molar-refractivity contribution < 1.29 is 4.79 Å². The van der Waals surface area contributed by atoms with Crippen LogP contribution in [0.5, 0.6) is 0 Å². The molecule has 1 aliphatic heterocycles. The lowest BCUT2D eigenvalue weighted by Gasteiger charge is -2.42. The van der Waals surface area contributed by atoms with Gasteiger partial charge in [0.15, 0.2) is 0 Å². The molecule has 2 atom stereocenters. The molecule has 0 unspecified atom stereocenters. The van der Waals surface area contributed by atoms with Crippen LogP contribution in [0.2, 0.25) is 0 Å². The Hall–Kier alpha value is -2.41. The molecule has 3 rings (SSSR count). The average Bonchev–Trinajstić information content (AvgIpc) is 3.08. The van der Waals surface area contributed by atoms with Crippen LogP contribution in [0.3, 0.4) is 0 Å². The van der Waals surface area contributed by atoms with Crippen LogP contribution in [0.1, 0.15) is 31.4 Å². The number of urea groups is 1. The number of aromatic nitrogens is 3. The van der Waals surface area contributed by atoms with Crippen LogP contribution >= 0.6 is 0 Å². The van der Waals surface area contributed by atoms with Crippen molar-refractivity contribution in [3.63, 3.8) is 0 Å². The summed E-state index contributed by atoms with van der Waals surface area (Å²) in [5.41, 5.74) is 1.95. The Morgan fingerprint density at radius 3 is 2.92 bits per heavy atom. The Kier molecular flexibility index (Phi) is 5.88. The predicted molar refractivity (Wildman–Crippen MR) is 102 cm³/mol. The molecular formula is C19H28N6O. The number of likely N-dealkylation sites (tertiary alicyclic amines) is 1. The van der Waals surface area contributed by atoms with Crippen molar-refractivity contribution in [1.82, 2.24) is 24.6 Å². The number of carbonyl (C=O) groups is 1. The average molecular weight is 356 g/mol. The highest BCUT2D eigenvalue weighted by molar-refractivity contribution is 5.88. The van der Waals surface area contributed by atoms with E-state index in [1.807, 2.05) is 37.1 Å². The number of anilines is 1. The van der Waals surface area contributed by atoms with E-state index in [9.17, 15) is 4.79 Å². The number of carbonyl (C=O) groups excluding carboxylic acids is 1. The summed E-state index contributed by atoms with van der Waals surface area (Å²) in [6, 6.07) is 3.86. The van der Waals surface area contributed by atoms with E-state index >= 15 is 0 Å². The highest BCUT2D eigenvalue weighted by atomic mass is 16.2. The first kappa shape index (κ1) is 18.4. The van der Waals surface area contributed by atoms with Crippen LogP contribution in [0.4, 0.5) is 10.5 Å². The summed E-state index contributed by atoms with van der Waals surface area (Å²) < 4.78 is 1.85. The Morgan fingerprint density at radius 1 is 1.42 bits per heavy atom. The highest BCUT2D eigenvalue weighted by Gasteiger charge is 2.34. The first-order valence-corrected chi connectivity index (χ1v) is 9.23.